The first-order valence-electron chi connectivity index (χ1n) is 6.91. The van der Waals surface area contributed by atoms with E-state index in [2.05, 4.69) is 21.5 Å². The van der Waals surface area contributed by atoms with Crippen LogP contribution in [0.25, 0.3) is 0 Å². The minimum atomic E-state index is -0.289. The Bertz CT molecular complexity index is 734. The zero-order chi connectivity index (χ0) is 16.8. The molecule has 0 aliphatic carbocycles. The molecular formula is C16H17FN4S2. The summed E-state index contributed by atoms with van der Waals surface area (Å²) in [4.78, 5) is 0. The number of hydrogen-bond acceptors (Lipinski definition) is 2. The number of hydrazine groups is 1. The van der Waals surface area contributed by atoms with Gasteiger partial charge in [-0.3, -0.25) is 10.9 Å². The van der Waals surface area contributed by atoms with E-state index in [1.54, 1.807) is 19.1 Å². The van der Waals surface area contributed by atoms with Crippen molar-refractivity contribution >= 4 is 46.0 Å². The molecular weight excluding hydrogens is 331 g/mol. The summed E-state index contributed by atoms with van der Waals surface area (Å²) in [7, 11) is 0. The van der Waals surface area contributed by atoms with Gasteiger partial charge in [0.05, 0.1) is 0 Å². The molecule has 0 aliphatic rings. The Hall–Kier alpha value is -2.25. The lowest BCUT2D eigenvalue weighted by molar-refractivity contribution is 0.619. The second kappa shape index (κ2) is 7.85. The molecule has 4 N–H and O–H groups in total. The van der Waals surface area contributed by atoms with E-state index in [9.17, 15) is 4.39 Å². The van der Waals surface area contributed by atoms with E-state index < -0.39 is 0 Å². The minimum absolute atomic E-state index is 0.279. The Morgan fingerprint density at radius 3 is 2.04 bits per heavy atom. The molecule has 0 saturated heterocycles. The van der Waals surface area contributed by atoms with Gasteiger partial charge in [0, 0.05) is 11.4 Å². The number of halogens is 1. The third kappa shape index (κ3) is 5.46. The fourth-order valence-corrected chi connectivity index (χ4v) is 2.17. The van der Waals surface area contributed by atoms with E-state index in [0.29, 0.717) is 16.4 Å². The largest absolute Gasteiger partial charge is 0.331 e. The highest BCUT2D eigenvalue weighted by Crippen LogP contribution is 2.13. The van der Waals surface area contributed by atoms with Crippen LogP contribution >= 0.6 is 24.4 Å². The van der Waals surface area contributed by atoms with E-state index in [4.69, 9.17) is 24.4 Å². The second-order valence-electron chi connectivity index (χ2n) is 4.99. The number of nitrogens with one attached hydrogen (secondary N) is 4. The third-order valence-corrected chi connectivity index (χ3v) is 3.40. The predicted octanol–water partition coefficient (Wildman–Crippen LogP) is 3.63. The molecule has 0 amide bonds. The van der Waals surface area contributed by atoms with Gasteiger partial charge in [0.15, 0.2) is 10.2 Å². The monoisotopic (exact) mass is 348 g/mol. The highest BCUT2D eigenvalue weighted by atomic mass is 32.1. The van der Waals surface area contributed by atoms with Crippen molar-refractivity contribution in [2.75, 3.05) is 10.6 Å². The molecule has 2 aromatic rings. The van der Waals surface area contributed by atoms with E-state index in [1.165, 1.54) is 6.07 Å². The van der Waals surface area contributed by atoms with Crippen molar-refractivity contribution in [3.63, 3.8) is 0 Å². The molecule has 0 aromatic heterocycles. The van der Waals surface area contributed by atoms with E-state index in [0.717, 1.165) is 11.3 Å². The summed E-state index contributed by atoms with van der Waals surface area (Å²) in [6.45, 7) is 3.70. The Labute approximate surface area is 145 Å². The number of hydrogen-bond donors (Lipinski definition) is 4. The summed E-state index contributed by atoms with van der Waals surface area (Å²) in [6.07, 6.45) is 0. The Kier molecular flexibility index (Phi) is 5.84. The zero-order valence-electron chi connectivity index (χ0n) is 12.7. The summed E-state index contributed by atoms with van der Waals surface area (Å²) in [5.74, 6) is -0.289. The highest BCUT2D eigenvalue weighted by Gasteiger charge is 2.02. The molecule has 0 unspecified atom stereocenters. The summed E-state index contributed by atoms with van der Waals surface area (Å²) in [5.41, 5.74) is 8.66. The number of benzene rings is 2. The molecule has 7 heteroatoms. The van der Waals surface area contributed by atoms with Crippen molar-refractivity contribution < 1.29 is 4.39 Å². The summed E-state index contributed by atoms with van der Waals surface area (Å²) in [6, 6.07) is 12.6. The van der Waals surface area contributed by atoms with Gasteiger partial charge in [-0.2, -0.15) is 0 Å². The van der Waals surface area contributed by atoms with E-state index in [-0.39, 0.29) is 10.9 Å². The lowest BCUT2D eigenvalue weighted by atomic mass is 10.2. The Balaban J connectivity index is 1.81. The van der Waals surface area contributed by atoms with Crippen LogP contribution in [-0.2, 0) is 0 Å². The molecule has 4 nitrogen and oxygen atoms in total. The molecule has 120 valence electrons. The van der Waals surface area contributed by atoms with Crippen molar-refractivity contribution in [1.82, 2.24) is 10.9 Å². The smallest absolute Gasteiger partial charge is 0.189 e. The molecule has 0 bridgehead atoms. The fraction of sp³-hybridized carbons (Fsp3) is 0.125. The van der Waals surface area contributed by atoms with Crippen molar-refractivity contribution in [2.24, 2.45) is 0 Å². The maximum Gasteiger partial charge on any atom is 0.189 e. The molecule has 0 atom stereocenters. The number of rotatable bonds is 2. The number of thiocarbonyl (C=S) groups is 2. The molecule has 0 fully saturated rings. The van der Waals surface area contributed by atoms with Crippen LogP contribution < -0.4 is 21.5 Å². The Morgan fingerprint density at radius 2 is 1.48 bits per heavy atom. The summed E-state index contributed by atoms with van der Waals surface area (Å²) in [5, 5.41) is 6.55. The molecule has 0 spiro atoms. The van der Waals surface area contributed by atoms with Gasteiger partial charge in [-0.1, -0.05) is 18.2 Å². The van der Waals surface area contributed by atoms with E-state index in [1.807, 2.05) is 31.2 Å². The van der Waals surface area contributed by atoms with Crippen LogP contribution in [0.2, 0.25) is 0 Å². The second-order valence-corrected chi connectivity index (χ2v) is 5.81. The van der Waals surface area contributed by atoms with Gasteiger partial charge in [-0.25, -0.2) is 4.39 Å². The molecule has 2 aromatic carbocycles. The summed E-state index contributed by atoms with van der Waals surface area (Å²) < 4.78 is 13.5. The molecule has 0 saturated carbocycles. The summed E-state index contributed by atoms with van der Waals surface area (Å²) >= 11 is 10.3. The van der Waals surface area contributed by atoms with Gasteiger partial charge < -0.3 is 10.6 Å². The molecule has 0 radical (unpaired) electrons. The van der Waals surface area contributed by atoms with Crippen molar-refractivity contribution in [3.05, 3.63) is 59.4 Å². The van der Waals surface area contributed by atoms with Gasteiger partial charge in [0.25, 0.3) is 0 Å². The fourth-order valence-electron chi connectivity index (χ4n) is 1.83. The van der Waals surface area contributed by atoms with Gasteiger partial charge in [0.2, 0.25) is 0 Å². The van der Waals surface area contributed by atoms with Crippen LogP contribution in [0.4, 0.5) is 15.8 Å². The van der Waals surface area contributed by atoms with Crippen LogP contribution in [0, 0.1) is 19.7 Å². The molecule has 0 heterocycles. The lowest BCUT2D eigenvalue weighted by Crippen LogP contribution is -2.45. The van der Waals surface area contributed by atoms with Crippen LogP contribution in [0.5, 0.6) is 0 Å². The maximum atomic E-state index is 13.5. The minimum Gasteiger partial charge on any atom is -0.331 e. The van der Waals surface area contributed by atoms with Crippen LogP contribution in [0.1, 0.15) is 11.1 Å². The topological polar surface area (TPSA) is 48.1 Å². The van der Waals surface area contributed by atoms with Crippen molar-refractivity contribution in [1.29, 1.82) is 0 Å². The normalized spacial score (nSPS) is 9.87. The third-order valence-electron chi connectivity index (χ3n) is 3.00. The number of aryl methyl sites for hydroxylation is 2. The van der Waals surface area contributed by atoms with Crippen LogP contribution in [-0.4, -0.2) is 10.2 Å². The van der Waals surface area contributed by atoms with Crippen LogP contribution in [0.15, 0.2) is 42.5 Å². The van der Waals surface area contributed by atoms with Crippen molar-refractivity contribution in [2.45, 2.75) is 13.8 Å². The molecule has 0 aliphatic heterocycles. The highest BCUT2D eigenvalue weighted by molar-refractivity contribution is 7.81. The first kappa shape index (κ1) is 17.1. The standard InChI is InChI=1S/C16H17FN4S2/c1-10-4-3-5-12(8-10)18-15(22)20-21-16(23)19-13-7-6-11(2)14(17)9-13/h3-9H,1-2H3,(H2,18,20,22)(H2,19,21,23). The lowest BCUT2D eigenvalue weighted by Gasteiger charge is -2.14. The van der Waals surface area contributed by atoms with Gasteiger partial charge in [-0.05, 0) is 73.7 Å². The van der Waals surface area contributed by atoms with Gasteiger partial charge in [-0.15, -0.1) is 0 Å². The zero-order valence-corrected chi connectivity index (χ0v) is 14.4. The first-order chi connectivity index (χ1) is 10.9. The van der Waals surface area contributed by atoms with Crippen LogP contribution in [0.3, 0.4) is 0 Å². The Morgan fingerprint density at radius 1 is 0.870 bits per heavy atom. The quantitative estimate of drug-likeness (QED) is 0.491. The van der Waals surface area contributed by atoms with E-state index >= 15 is 0 Å². The molecule has 23 heavy (non-hydrogen) atoms. The van der Waals surface area contributed by atoms with Gasteiger partial charge >= 0.3 is 0 Å². The van der Waals surface area contributed by atoms with Crippen molar-refractivity contribution in [3.8, 4) is 0 Å². The van der Waals surface area contributed by atoms with Gasteiger partial charge in [0.1, 0.15) is 5.82 Å². The molecule has 2 rings (SSSR count). The maximum absolute atomic E-state index is 13.5. The first-order valence-corrected chi connectivity index (χ1v) is 7.72. The average molecular weight is 348 g/mol. The average Bonchev–Trinajstić information content (AvgIpc) is 2.49. The predicted molar refractivity (Wildman–Crippen MR) is 101 cm³/mol. The number of anilines is 2. The SMILES string of the molecule is Cc1cccc(NC(=S)NNC(=S)Nc2ccc(C)c(F)c2)c1.